The first kappa shape index (κ1) is 55.3. The van der Waals surface area contributed by atoms with Gasteiger partial charge in [-0.3, -0.25) is 0 Å². The first-order chi connectivity index (χ1) is 34.5. The van der Waals surface area contributed by atoms with E-state index in [1.807, 2.05) is 32.1 Å². The van der Waals surface area contributed by atoms with E-state index in [0.717, 1.165) is 66.5 Å². The molecule has 71 heavy (non-hydrogen) atoms. The first-order valence-corrected chi connectivity index (χ1v) is 26.1. The Morgan fingerprint density at radius 2 is 1.41 bits per heavy atom. The van der Waals surface area contributed by atoms with Gasteiger partial charge in [0.25, 0.3) is 0 Å². The van der Waals surface area contributed by atoms with E-state index in [9.17, 15) is 0 Å². The van der Waals surface area contributed by atoms with Crippen molar-refractivity contribution < 1.29 is 0 Å². The Balaban J connectivity index is 0.000000473. The van der Waals surface area contributed by atoms with E-state index in [4.69, 9.17) is 11.5 Å². The molecule has 2 heteroatoms. The maximum atomic E-state index is 6.78. The Bertz CT molecular complexity index is 2760. The molecule has 0 bridgehead atoms. The summed E-state index contributed by atoms with van der Waals surface area (Å²) in [7, 11) is 0. The van der Waals surface area contributed by atoms with Crippen LogP contribution in [0.25, 0.3) is 27.8 Å². The van der Waals surface area contributed by atoms with Gasteiger partial charge in [-0.15, -0.1) is 0 Å². The Morgan fingerprint density at radius 3 is 2.03 bits per heavy atom. The second-order valence-electron chi connectivity index (χ2n) is 19.0. The van der Waals surface area contributed by atoms with Crippen LogP contribution in [0, 0.1) is 12.8 Å². The highest BCUT2D eigenvalue weighted by Gasteiger charge is 2.33. The van der Waals surface area contributed by atoms with Crippen LogP contribution in [0.3, 0.4) is 0 Å². The topological polar surface area (TPSA) is 52.0 Å². The van der Waals surface area contributed by atoms with Crippen molar-refractivity contribution in [1.82, 2.24) is 0 Å². The van der Waals surface area contributed by atoms with Crippen LogP contribution in [0.4, 0.5) is 0 Å². The zero-order valence-electron chi connectivity index (χ0n) is 44.3. The third kappa shape index (κ3) is 16.0. The van der Waals surface area contributed by atoms with Crippen molar-refractivity contribution >= 4 is 5.57 Å². The van der Waals surface area contributed by atoms with Crippen LogP contribution in [0.2, 0.25) is 0 Å². The second-order valence-corrected chi connectivity index (χ2v) is 19.0. The molecule has 3 atom stereocenters. The van der Waals surface area contributed by atoms with E-state index in [2.05, 4.69) is 236 Å². The number of allylic oxidation sites excluding steroid dienone is 18. The van der Waals surface area contributed by atoms with Crippen molar-refractivity contribution in [1.29, 1.82) is 0 Å². The van der Waals surface area contributed by atoms with Crippen LogP contribution in [0.15, 0.2) is 241 Å². The fourth-order valence-electron chi connectivity index (χ4n) is 9.03. The summed E-state index contributed by atoms with van der Waals surface area (Å²) in [5, 5.41) is 0. The lowest BCUT2D eigenvalue weighted by Gasteiger charge is -2.36. The molecule has 0 amide bonds. The molecular formula is C69H82N2. The maximum Gasteiger partial charge on any atom is 0.0551 e. The fourth-order valence-corrected chi connectivity index (χ4v) is 9.03. The summed E-state index contributed by atoms with van der Waals surface area (Å²) in [4.78, 5) is 0. The average Bonchev–Trinajstić information content (AvgIpc) is 3.43. The van der Waals surface area contributed by atoms with Crippen LogP contribution >= 0.6 is 0 Å². The van der Waals surface area contributed by atoms with Crippen molar-refractivity contribution in [3.8, 4) is 22.3 Å². The van der Waals surface area contributed by atoms with E-state index >= 15 is 0 Å². The number of hydrogen-bond donors (Lipinski definition) is 2. The van der Waals surface area contributed by atoms with Crippen LogP contribution in [0.5, 0.6) is 0 Å². The number of rotatable bonds is 17. The van der Waals surface area contributed by atoms with Gasteiger partial charge in [-0.25, -0.2) is 0 Å². The lowest BCUT2D eigenvalue weighted by atomic mass is 9.68. The van der Waals surface area contributed by atoms with Gasteiger partial charge in [-0.05, 0) is 171 Å². The molecule has 0 heterocycles. The highest BCUT2D eigenvalue weighted by molar-refractivity contribution is 5.76. The molecule has 0 radical (unpaired) electrons. The lowest BCUT2D eigenvalue weighted by Crippen LogP contribution is -2.27. The predicted octanol–water partition coefficient (Wildman–Crippen LogP) is 18.6. The smallest absolute Gasteiger partial charge is 0.0551 e. The SMILES string of the molecule is C/C=C\C.C=C/C(=C\C=C(/C)C(C)(C1=CCCC(C2=CCCC=C2)=C1)c1cccc(-c2cccc(-c3cccc(C(N)c4ccc(C)cc4)c3)c2)c1)c1ccccc1.CC/C=C\C(=C/C(C)CN)CCC. The van der Waals surface area contributed by atoms with Crippen molar-refractivity contribution in [2.24, 2.45) is 17.4 Å². The number of aryl methyl sites for hydroxylation is 1. The monoisotopic (exact) mass is 939 g/mol. The molecule has 5 aromatic rings. The Kier molecular flexibility index (Phi) is 22.6. The van der Waals surface area contributed by atoms with E-state index < -0.39 is 0 Å². The second kappa shape index (κ2) is 28.9. The third-order valence-electron chi connectivity index (χ3n) is 13.6. The molecule has 0 fully saturated rings. The van der Waals surface area contributed by atoms with Gasteiger partial charge in [0.2, 0.25) is 0 Å². The summed E-state index contributed by atoms with van der Waals surface area (Å²) in [6.45, 7) is 22.2. The normalized spacial score (nSPS) is 15.9. The van der Waals surface area contributed by atoms with Gasteiger partial charge >= 0.3 is 0 Å². The van der Waals surface area contributed by atoms with Crippen LogP contribution in [-0.4, -0.2) is 6.54 Å². The summed E-state index contributed by atoms with van der Waals surface area (Å²) < 4.78 is 0. The van der Waals surface area contributed by atoms with E-state index in [-0.39, 0.29) is 11.5 Å². The third-order valence-corrected chi connectivity index (χ3v) is 13.6. The summed E-state index contributed by atoms with van der Waals surface area (Å²) in [5.74, 6) is 0.503. The van der Waals surface area contributed by atoms with Gasteiger partial charge in [0, 0.05) is 5.41 Å². The van der Waals surface area contributed by atoms with Gasteiger partial charge in [-0.1, -0.05) is 239 Å². The van der Waals surface area contributed by atoms with Gasteiger partial charge < -0.3 is 11.5 Å². The van der Waals surface area contributed by atoms with Crippen LogP contribution in [0.1, 0.15) is 127 Å². The predicted molar refractivity (Wildman–Crippen MR) is 313 cm³/mol. The summed E-state index contributed by atoms with van der Waals surface area (Å²) >= 11 is 0. The van der Waals surface area contributed by atoms with Gasteiger partial charge in [0.05, 0.1) is 6.04 Å². The van der Waals surface area contributed by atoms with Gasteiger partial charge in [0.15, 0.2) is 0 Å². The first-order valence-electron chi connectivity index (χ1n) is 26.1. The standard InChI is InChI=1S/C53H51N.C12H23N.C4H8/c1-5-40(41-16-8-6-9-17-41)33-30-39(3)53(4,50-26-14-23-47(36-50)42-18-10-7-11-19-42)51-27-15-24-48(37-51)45-21-12-20-44(34-45)46-22-13-25-49(35-46)52(54)43-31-28-38(2)29-32-43;1-4-6-8-12(7-5-2)9-11(3)10-13;1-3-4-2/h5-6,8-10,12-13,15-22,24-37,52H,1,7,11,14,23,54H2,2-4H3;6,8-9,11H,4-5,7,10,13H2,1-3H3;3-4H,1-2H3/b39-30+,40-33+;8-6-,12-9-;4-3-. The molecule has 368 valence electrons. The minimum absolute atomic E-state index is 0.182. The number of benzene rings is 5. The van der Waals surface area contributed by atoms with Gasteiger partial charge in [0.1, 0.15) is 0 Å². The lowest BCUT2D eigenvalue weighted by molar-refractivity contribution is 0.661. The molecule has 4 N–H and O–H groups in total. The van der Waals surface area contributed by atoms with E-state index in [0.29, 0.717) is 5.92 Å². The molecule has 0 aliphatic heterocycles. The highest BCUT2D eigenvalue weighted by Crippen LogP contribution is 2.44. The highest BCUT2D eigenvalue weighted by atomic mass is 14.6. The summed E-state index contributed by atoms with van der Waals surface area (Å²) in [6.07, 6.45) is 37.0. The zero-order chi connectivity index (χ0) is 51.0. The van der Waals surface area contributed by atoms with Crippen LogP contribution in [-0.2, 0) is 5.41 Å². The molecule has 0 saturated heterocycles. The molecule has 3 unspecified atom stereocenters. The van der Waals surface area contributed by atoms with Gasteiger partial charge in [-0.2, -0.15) is 0 Å². The van der Waals surface area contributed by atoms with Crippen molar-refractivity contribution in [2.45, 2.75) is 112 Å². The molecule has 0 saturated carbocycles. The molecule has 0 aromatic heterocycles. The minimum Gasteiger partial charge on any atom is -0.330 e. The van der Waals surface area contributed by atoms with Crippen molar-refractivity contribution in [3.05, 3.63) is 269 Å². The molecule has 7 rings (SSSR count). The molecule has 2 nitrogen and oxygen atoms in total. The van der Waals surface area contributed by atoms with Crippen molar-refractivity contribution in [2.75, 3.05) is 6.54 Å². The summed E-state index contributed by atoms with van der Waals surface area (Å²) in [6, 6.07) is 45.6. The van der Waals surface area contributed by atoms with E-state index in [1.165, 1.54) is 68.5 Å². The molecule has 5 aromatic carbocycles. The van der Waals surface area contributed by atoms with Crippen LogP contribution < -0.4 is 11.5 Å². The maximum absolute atomic E-state index is 6.78. The molecular weight excluding hydrogens is 857 g/mol. The summed E-state index contributed by atoms with van der Waals surface area (Å²) in [5.41, 5.74) is 30.6. The molecule has 2 aliphatic rings. The molecule has 2 aliphatic carbocycles. The zero-order valence-corrected chi connectivity index (χ0v) is 44.3. The quantitative estimate of drug-likeness (QED) is 0.0721. The Morgan fingerprint density at radius 1 is 0.746 bits per heavy atom. The largest absolute Gasteiger partial charge is 0.330 e. The average molecular weight is 939 g/mol. The Hall–Kier alpha value is -6.58. The van der Waals surface area contributed by atoms with E-state index in [1.54, 1.807) is 0 Å². The number of hydrogen-bond acceptors (Lipinski definition) is 2. The minimum atomic E-state index is -0.363. The Labute approximate surface area is 430 Å². The molecule has 0 spiro atoms. The number of nitrogens with two attached hydrogens (primary N) is 2. The fraction of sp³-hybridized carbons (Fsp3) is 0.275. The van der Waals surface area contributed by atoms with Crippen molar-refractivity contribution in [3.63, 3.8) is 0 Å².